The third kappa shape index (κ3) is 3.80. The molecule has 1 aliphatic carbocycles. The normalized spacial score (nSPS) is 24.2. The molecule has 1 N–H and O–H groups in total. The molecule has 0 heterocycles. The van der Waals surface area contributed by atoms with Crippen molar-refractivity contribution in [1.29, 1.82) is 0 Å². The second-order valence-electron chi connectivity index (χ2n) is 4.68. The highest BCUT2D eigenvalue weighted by molar-refractivity contribution is 8.00. The zero-order valence-corrected chi connectivity index (χ0v) is 12.9. The molecule has 1 aliphatic rings. The van der Waals surface area contributed by atoms with Gasteiger partial charge in [-0.1, -0.05) is 43.0 Å². The van der Waals surface area contributed by atoms with Gasteiger partial charge in [0.25, 0.3) is 0 Å². The minimum absolute atomic E-state index is 0.601. The maximum absolute atomic E-state index is 6.24. The van der Waals surface area contributed by atoms with E-state index in [1.165, 1.54) is 25.7 Å². The molecule has 0 amide bonds. The number of halogens is 2. The number of thioether (sulfide) groups is 1. The van der Waals surface area contributed by atoms with E-state index in [9.17, 15) is 0 Å². The maximum atomic E-state index is 6.24. The summed E-state index contributed by atoms with van der Waals surface area (Å²) in [6, 6.07) is 6.31. The standard InChI is InChI=1S/C14H19Cl2NS/c1-2-17-12-5-3-4-6-13(12)18-14-9-10(15)7-8-11(14)16/h7-9,12-13,17H,2-6H2,1H3. The van der Waals surface area contributed by atoms with Crippen molar-refractivity contribution >= 4 is 35.0 Å². The number of nitrogens with one attached hydrogen (secondary N) is 1. The molecule has 0 spiro atoms. The Bertz CT molecular complexity index is 395. The fraction of sp³-hybridized carbons (Fsp3) is 0.571. The van der Waals surface area contributed by atoms with Crippen molar-refractivity contribution in [2.75, 3.05) is 6.54 Å². The summed E-state index contributed by atoms with van der Waals surface area (Å²) >= 11 is 14.2. The van der Waals surface area contributed by atoms with Crippen LogP contribution in [0.25, 0.3) is 0 Å². The fourth-order valence-electron chi connectivity index (χ4n) is 2.46. The van der Waals surface area contributed by atoms with Crippen molar-refractivity contribution in [2.24, 2.45) is 0 Å². The second-order valence-corrected chi connectivity index (χ2v) is 6.80. The summed E-state index contributed by atoms with van der Waals surface area (Å²) in [6.07, 6.45) is 5.17. The molecule has 0 aliphatic heterocycles. The van der Waals surface area contributed by atoms with Gasteiger partial charge in [0.1, 0.15) is 0 Å². The van der Waals surface area contributed by atoms with Gasteiger partial charge in [0.05, 0.1) is 5.02 Å². The average molecular weight is 304 g/mol. The van der Waals surface area contributed by atoms with E-state index in [4.69, 9.17) is 23.2 Å². The summed E-state index contributed by atoms with van der Waals surface area (Å²) in [6.45, 7) is 3.20. The number of hydrogen-bond acceptors (Lipinski definition) is 2. The Morgan fingerprint density at radius 3 is 2.83 bits per heavy atom. The Hall–Kier alpha value is 0.110. The molecule has 1 aromatic rings. The zero-order chi connectivity index (χ0) is 13.0. The van der Waals surface area contributed by atoms with E-state index >= 15 is 0 Å². The summed E-state index contributed by atoms with van der Waals surface area (Å²) in [5, 5.41) is 5.77. The monoisotopic (exact) mass is 303 g/mol. The smallest absolute Gasteiger partial charge is 0.0543 e. The van der Waals surface area contributed by atoms with Gasteiger partial charge in [-0.25, -0.2) is 0 Å². The van der Waals surface area contributed by atoms with Crippen LogP contribution in [0, 0.1) is 0 Å². The van der Waals surface area contributed by atoms with Gasteiger partial charge in [0.2, 0.25) is 0 Å². The van der Waals surface area contributed by atoms with Crippen molar-refractivity contribution in [3.8, 4) is 0 Å². The molecule has 18 heavy (non-hydrogen) atoms. The van der Waals surface area contributed by atoms with Crippen LogP contribution in [0.3, 0.4) is 0 Å². The average Bonchev–Trinajstić information content (AvgIpc) is 2.36. The highest BCUT2D eigenvalue weighted by Gasteiger charge is 2.25. The van der Waals surface area contributed by atoms with Gasteiger partial charge in [-0.3, -0.25) is 0 Å². The van der Waals surface area contributed by atoms with Gasteiger partial charge in [-0.05, 0) is 37.6 Å². The first-order valence-electron chi connectivity index (χ1n) is 6.55. The van der Waals surface area contributed by atoms with E-state index < -0.39 is 0 Å². The molecule has 1 nitrogen and oxygen atoms in total. The van der Waals surface area contributed by atoms with E-state index in [2.05, 4.69) is 12.2 Å². The van der Waals surface area contributed by atoms with Crippen LogP contribution >= 0.6 is 35.0 Å². The summed E-state index contributed by atoms with van der Waals surface area (Å²) in [5.74, 6) is 0. The Labute approximate surface area is 124 Å². The van der Waals surface area contributed by atoms with Crippen LogP contribution in [0.15, 0.2) is 23.1 Å². The lowest BCUT2D eigenvalue weighted by atomic mass is 9.95. The molecule has 0 radical (unpaired) electrons. The number of hydrogen-bond donors (Lipinski definition) is 1. The Morgan fingerprint density at radius 2 is 2.06 bits per heavy atom. The van der Waals surface area contributed by atoms with Gasteiger partial charge in [0, 0.05) is 21.2 Å². The minimum atomic E-state index is 0.601. The van der Waals surface area contributed by atoms with Crippen molar-refractivity contribution in [3.63, 3.8) is 0 Å². The predicted octanol–water partition coefficient (Wildman–Crippen LogP) is 5.01. The van der Waals surface area contributed by atoms with Crippen molar-refractivity contribution < 1.29 is 0 Å². The van der Waals surface area contributed by atoms with Gasteiger partial charge < -0.3 is 5.32 Å². The van der Waals surface area contributed by atoms with Gasteiger partial charge in [-0.15, -0.1) is 11.8 Å². The summed E-state index contributed by atoms with van der Waals surface area (Å²) in [7, 11) is 0. The summed E-state index contributed by atoms with van der Waals surface area (Å²) < 4.78 is 0. The third-order valence-corrected chi connectivity index (χ3v) is 5.48. The highest BCUT2D eigenvalue weighted by Crippen LogP contribution is 2.38. The van der Waals surface area contributed by atoms with Crippen LogP contribution in [-0.4, -0.2) is 17.8 Å². The number of rotatable bonds is 4. The largest absolute Gasteiger partial charge is 0.313 e. The lowest BCUT2D eigenvalue weighted by molar-refractivity contribution is 0.391. The first-order chi connectivity index (χ1) is 8.70. The van der Waals surface area contributed by atoms with E-state index in [0.29, 0.717) is 11.3 Å². The fourth-order valence-corrected chi connectivity index (χ4v) is 4.34. The molecule has 0 bridgehead atoms. The molecule has 1 saturated carbocycles. The molecule has 1 aromatic carbocycles. The topological polar surface area (TPSA) is 12.0 Å². The first kappa shape index (κ1) is 14.5. The SMILES string of the molecule is CCNC1CCCCC1Sc1cc(Cl)ccc1Cl. The zero-order valence-electron chi connectivity index (χ0n) is 10.6. The van der Waals surface area contributed by atoms with E-state index in [1.54, 1.807) is 0 Å². The molecule has 0 aromatic heterocycles. The molecule has 2 rings (SSSR count). The lowest BCUT2D eigenvalue weighted by Gasteiger charge is -2.31. The maximum Gasteiger partial charge on any atom is 0.0543 e. The summed E-state index contributed by atoms with van der Waals surface area (Å²) in [4.78, 5) is 1.11. The Morgan fingerprint density at radius 1 is 1.28 bits per heavy atom. The van der Waals surface area contributed by atoms with Crippen molar-refractivity contribution in [1.82, 2.24) is 5.32 Å². The van der Waals surface area contributed by atoms with Crippen LogP contribution in [0.4, 0.5) is 0 Å². The molecular formula is C14H19Cl2NS. The molecule has 1 fully saturated rings. The van der Waals surface area contributed by atoms with E-state index in [-0.39, 0.29) is 0 Å². The van der Waals surface area contributed by atoms with Gasteiger partial charge in [-0.2, -0.15) is 0 Å². The van der Waals surface area contributed by atoms with Crippen LogP contribution in [0.1, 0.15) is 32.6 Å². The molecular weight excluding hydrogens is 285 g/mol. The lowest BCUT2D eigenvalue weighted by Crippen LogP contribution is -2.40. The first-order valence-corrected chi connectivity index (χ1v) is 8.19. The minimum Gasteiger partial charge on any atom is -0.313 e. The Kier molecular flexibility index (Phi) is 5.68. The van der Waals surface area contributed by atoms with Gasteiger partial charge >= 0.3 is 0 Å². The molecule has 100 valence electrons. The van der Waals surface area contributed by atoms with E-state index in [0.717, 1.165) is 21.5 Å². The quantitative estimate of drug-likeness (QED) is 0.839. The molecule has 2 atom stereocenters. The van der Waals surface area contributed by atoms with Gasteiger partial charge in [0.15, 0.2) is 0 Å². The van der Waals surface area contributed by atoms with Crippen molar-refractivity contribution in [3.05, 3.63) is 28.2 Å². The molecule has 2 unspecified atom stereocenters. The molecule has 4 heteroatoms. The second kappa shape index (κ2) is 7.04. The van der Waals surface area contributed by atoms with E-state index in [1.807, 2.05) is 30.0 Å². The third-order valence-electron chi connectivity index (χ3n) is 3.34. The van der Waals surface area contributed by atoms with Crippen molar-refractivity contribution in [2.45, 2.75) is 48.8 Å². The van der Waals surface area contributed by atoms with Crippen LogP contribution in [-0.2, 0) is 0 Å². The molecule has 0 saturated heterocycles. The highest BCUT2D eigenvalue weighted by atomic mass is 35.5. The predicted molar refractivity (Wildman–Crippen MR) is 82.0 cm³/mol. The number of benzene rings is 1. The Balaban J connectivity index is 2.08. The van der Waals surface area contributed by atoms with Crippen LogP contribution in [0.2, 0.25) is 10.0 Å². The summed E-state index contributed by atoms with van der Waals surface area (Å²) in [5.41, 5.74) is 0. The van der Waals surface area contributed by atoms with Crippen LogP contribution < -0.4 is 5.32 Å². The van der Waals surface area contributed by atoms with Crippen LogP contribution in [0.5, 0.6) is 0 Å².